The molecule has 0 saturated carbocycles. The van der Waals surface area contributed by atoms with Gasteiger partial charge in [0.25, 0.3) is 0 Å². The number of hydrogen-bond acceptors (Lipinski definition) is 4. The standard InChI is InChI=1S/C16H25N3O2/c1-13-5-6-14(10-18-13)11-19-8-4-7-16(19,12-21-3)9-15(20)17-2/h5-6,10H,4,7-9,11-12H2,1-3H3,(H,17,20)/t16-/m0/s1. The zero-order valence-electron chi connectivity index (χ0n) is 13.2. The number of likely N-dealkylation sites (tertiary alicyclic amines) is 1. The van der Waals surface area contributed by atoms with Gasteiger partial charge in [-0.25, -0.2) is 0 Å². The van der Waals surface area contributed by atoms with E-state index in [1.807, 2.05) is 19.2 Å². The first-order chi connectivity index (χ1) is 10.1. The van der Waals surface area contributed by atoms with Gasteiger partial charge in [-0.3, -0.25) is 14.7 Å². The van der Waals surface area contributed by atoms with Crippen LogP contribution in [-0.4, -0.2) is 48.6 Å². The van der Waals surface area contributed by atoms with Gasteiger partial charge in [0.15, 0.2) is 0 Å². The number of hydrogen-bond donors (Lipinski definition) is 1. The summed E-state index contributed by atoms with van der Waals surface area (Å²) in [7, 11) is 3.39. The smallest absolute Gasteiger partial charge is 0.221 e. The van der Waals surface area contributed by atoms with E-state index in [9.17, 15) is 4.79 Å². The van der Waals surface area contributed by atoms with Crippen molar-refractivity contribution in [2.75, 3.05) is 27.3 Å². The summed E-state index contributed by atoms with van der Waals surface area (Å²) >= 11 is 0. The van der Waals surface area contributed by atoms with Gasteiger partial charge in [0, 0.05) is 39.0 Å². The SMILES string of the molecule is CNC(=O)C[C@]1(COC)CCCN1Cc1ccc(C)nc1. The molecule has 5 nitrogen and oxygen atoms in total. The van der Waals surface area contributed by atoms with E-state index in [-0.39, 0.29) is 11.4 Å². The Bertz CT molecular complexity index is 475. The van der Waals surface area contributed by atoms with Crippen molar-refractivity contribution in [2.24, 2.45) is 0 Å². The number of pyridine rings is 1. The molecule has 1 amide bonds. The maximum Gasteiger partial charge on any atom is 0.221 e. The van der Waals surface area contributed by atoms with Gasteiger partial charge in [-0.1, -0.05) is 6.07 Å². The van der Waals surface area contributed by atoms with Crippen molar-refractivity contribution in [1.29, 1.82) is 0 Å². The normalized spacial score (nSPS) is 22.4. The molecule has 2 heterocycles. The van der Waals surface area contributed by atoms with E-state index in [1.165, 1.54) is 5.56 Å². The summed E-state index contributed by atoms with van der Waals surface area (Å²) in [4.78, 5) is 18.6. The second-order valence-corrected chi connectivity index (χ2v) is 5.84. The highest BCUT2D eigenvalue weighted by atomic mass is 16.5. The van der Waals surface area contributed by atoms with Crippen molar-refractivity contribution in [3.63, 3.8) is 0 Å². The summed E-state index contributed by atoms with van der Waals surface area (Å²) in [6.07, 6.45) is 4.49. The number of methoxy groups -OCH3 is 1. The van der Waals surface area contributed by atoms with E-state index in [4.69, 9.17) is 4.74 Å². The molecular formula is C16H25N3O2. The van der Waals surface area contributed by atoms with E-state index >= 15 is 0 Å². The van der Waals surface area contributed by atoms with Crippen LogP contribution in [0.1, 0.15) is 30.5 Å². The molecule has 0 aromatic carbocycles. The third-order valence-electron chi connectivity index (χ3n) is 4.27. The van der Waals surface area contributed by atoms with Gasteiger partial charge in [-0.05, 0) is 37.9 Å². The van der Waals surface area contributed by atoms with Gasteiger partial charge in [0.2, 0.25) is 5.91 Å². The third-order valence-corrected chi connectivity index (χ3v) is 4.27. The van der Waals surface area contributed by atoms with Crippen LogP contribution in [0.4, 0.5) is 0 Å². The van der Waals surface area contributed by atoms with Gasteiger partial charge in [-0.2, -0.15) is 0 Å². The predicted octanol–water partition coefficient (Wildman–Crippen LogP) is 1.51. The van der Waals surface area contributed by atoms with Crippen molar-refractivity contribution in [1.82, 2.24) is 15.2 Å². The highest BCUT2D eigenvalue weighted by Gasteiger charge is 2.42. The highest BCUT2D eigenvalue weighted by molar-refractivity contribution is 5.77. The van der Waals surface area contributed by atoms with Crippen LogP contribution < -0.4 is 5.32 Å². The second kappa shape index (κ2) is 7.00. The van der Waals surface area contributed by atoms with Crippen LogP contribution in [0.3, 0.4) is 0 Å². The Hall–Kier alpha value is -1.46. The lowest BCUT2D eigenvalue weighted by Gasteiger charge is -2.37. The summed E-state index contributed by atoms with van der Waals surface area (Å²) in [5.74, 6) is 0.0704. The molecule has 21 heavy (non-hydrogen) atoms. The molecule has 1 aliphatic rings. The predicted molar refractivity (Wildman–Crippen MR) is 81.9 cm³/mol. The van der Waals surface area contributed by atoms with Crippen LogP contribution in [-0.2, 0) is 16.1 Å². The number of nitrogens with one attached hydrogen (secondary N) is 1. The molecule has 1 N–H and O–H groups in total. The molecule has 1 aliphatic heterocycles. The molecule has 0 radical (unpaired) electrons. The number of ether oxygens (including phenoxy) is 1. The van der Waals surface area contributed by atoms with Gasteiger partial charge in [0.1, 0.15) is 0 Å². The maximum atomic E-state index is 11.9. The molecule has 1 aromatic rings. The Morgan fingerprint density at radius 2 is 2.33 bits per heavy atom. The number of rotatable bonds is 6. The van der Waals surface area contributed by atoms with E-state index in [1.54, 1.807) is 14.2 Å². The van der Waals surface area contributed by atoms with Gasteiger partial charge in [-0.15, -0.1) is 0 Å². The van der Waals surface area contributed by atoms with E-state index < -0.39 is 0 Å². The van der Waals surface area contributed by atoms with Gasteiger partial charge >= 0.3 is 0 Å². The molecule has 1 saturated heterocycles. The number of amides is 1. The Morgan fingerprint density at radius 1 is 1.52 bits per heavy atom. The number of carbonyl (C=O) groups excluding carboxylic acids is 1. The monoisotopic (exact) mass is 291 g/mol. The summed E-state index contributed by atoms with van der Waals surface area (Å²) in [5.41, 5.74) is 2.01. The maximum absolute atomic E-state index is 11.9. The molecule has 0 bridgehead atoms. The zero-order chi connectivity index (χ0) is 15.3. The minimum atomic E-state index is -0.195. The summed E-state index contributed by atoms with van der Waals surface area (Å²) < 4.78 is 5.42. The molecular weight excluding hydrogens is 266 g/mol. The molecule has 1 aromatic heterocycles. The van der Waals surface area contributed by atoms with Crippen molar-refractivity contribution < 1.29 is 9.53 Å². The van der Waals surface area contributed by atoms with Crippen LogP contribution in [0.2, 0.25) is 0 Å². The summed E-state index contributed by atoms with van der Waals surface area (Å²) in [5, 5.41) is 2.73. The first-order valence-electron chi connectivity index (χ1n) is 7.46. The molecule has 0 unspecified atom stereocenters. The van der Waals surface area contributed by atoms with Crippen LogP contribution in [0.15, 0.2) is 18.3 Å². The van der Waals surface area contributed by atoms with Crippen LogP contribution in [0, 0.1) is 6.92 Å². The second-order valence-electron chi connectivity index (χ2n) is 5.84. The Morgan fingerprint density at radius 3 is 2.95 bits per heavy atom. The molecule has 5 heteroatoms. The van der Waals surface area contributed by atoms with E-state index in [2.05, 4.69) is 21.3 Å². The van der Waals surface area contributed by atoms with Gasteiger partial charge < -0.3 is 10.1 Å². The lowest BCUT2D eigenvalue weighted by molar-refractivity contribution is -0.124. The first kappa shape index (κ1) is 15.9. The molecule has 0 aliphatic carbocycles. The van der Waals surface area contributed by atoms with Gasteiger partial charge in [0.05, 0.1) is 12.1 Å². The number of nitrogens with zero attached hydrogens (tertiary/aromatic N) is 2. The van der Waals surface area contributed by atoms with Crippen molar-refractivity contribution in [2.45, 2.75) is 38.3 Å². The summed E-state index contributed by atoms with van der Waals surface area (Å²) in [6.45, 7) is 4.38. The first-order valence-corrected chi connectivity index (χ1v) is 7.46. The molecule has 2 rings (SSSR count). The summed E-state index contributed by atoms with van der Waals surface area (Å²) in [6, 6.07) is 4.14. The fourth-order valence-electron chi connectivity index (χ4n) is 3.12. The van der Waals surface area contributed by atoms with Crippen LogP contribution in [0.25, 0.3) is 0 Å². The Labute approximate surface area is 126 Å². The number of aryl methyl sites for hydroxylation is 1. The topological polar surface area (TPSA) is 54.5 Å². The number of carbonyl (C=O) groups is 1. The van der Waals surface area contributed by atoms with Crippen LogP contribution >= 0.6 is 0 Å². The Kier molecular flexibility index (Phi) is 5.31. The fourth-order valence-corrected chi connectivity index (χ4v) is 3.12. The number of aromatic nitrogens is 1. The van der Waals surface area contributed by atoms with Crippen molar-refractivity contribution >= 4 is 5.91 Å². The van der Waals surface area contributed by atoms with E-state index in [0.717, 1.165) is 31.6 Å². The highest BCUT2D eigenvalue weighted by Crippen LogP contribution is 2.34. The minimum absolute atomic E-state index is 0.0704. The lowest BCUT2D eigenvalue weighted by atomic mass is 9.92. The Balaban J connectivity index is 2.14. The van der Waals surface area contributed by atoms with E-state index in [0.29, 0.717) is 13.0 Å². The van der Waals surface area contributed by atoms with Crippen LogP contribution in [0.5, 0.6) is 0 Å². The third kappa shape index (κ3) is 3.80. The fraction of sp³-hybridized carbons (Fsp3) is 0.625. The zero-order valence-corrected chi connectivity index (χ0v) is 13.2. The average molecular weight is 291 g/mol. The molecule has 0 spiro atoms. The molecule has 116 valence electrons. The molecule has 1 fully saturated rings. The van der Waals surface area contributed by atoms with Crippen molar-refractivity contribution in [3.8, 4) is 0 Å². The largest absolute Gasteiger partial charge is 0.383 e. The quantitative estimate of drug-likeness (QED) is 0.863. The van der Waals surface area contributed by atoms with Crippen molar-refractivity contribution in [3.05, 3.63) is 29.6 Å². The lowest BCUT2D eigenvalue weighted by Crippen LogP contribution is -2.49. The molecule has 1 atom stereocenters. The minimum Gasteiger partial charge on any atom is -0.383 e. The average Bonchev–Trinajstić information content (AvgIpc) is 2.84.